The van der Waals surface area contributed by atoms with Gasteiger partial charge in [-0.3, -0.25) is 0 Å². The van der Waals surface area contributed by atoms with Crippen molar-refractivity contribution < 1.29 is 4.42 Å². The lowest BCUT2D eigenvalue weighted by molar-refractivity contribution is 0.332. The third-order valence-corrected chi connectivity index (χ3v) is 20.0. The fourth-order valence-electron chi connectivity index (χ4n) is 14.7. The molecule has 0 N–H and O–H groups in total. The minimum absolute atomic E-state index is 0.00654. The lowest BCUT2D eigenvalue weighted by Crippen LogP contribution is -2.61. The number of furan rings is 1. The van der Waals surface area contributed by atoms with E-state index in [1.807, 2.05) is 0 Å². The van der Waals surface area contributed by atoms with Crippen LogP contribution in [0.1, 0.15) is 181 Å². The molecule has 0 saturated carbocycles. The average molecular weight is 1010 g/mol. The lowest BCUT2D eigenvalue weighted by atomic mass is 9.35. The topological polar surface area (TPSA) is 22.9 Å². The van der Waals surface area contributed by atoms with E-state index in [9.17, 15) is 0 Å². The van der Waals surface area contributed by atoms with Crippen LogP contribution in [0.3, 0.4) is 0 Å². The van der Waals surface area contributed by atoms with E-state index in [4.69, 9.17) is 4.42 Å². The third kappa shape index (κ3) is 7.66. The van der Waals surface area contributed by atoms with Crippen molar-refractivity contribution in [2.75, 3.05) is 14.7 Å². The fourth-order valence-corrected chi connectivity index (χ4v) is 14.7. The summed E-state index contributed by atoms with van der Waals surface area (Å²) in [5.74, 6) is 0. The van der Waals surface area contributed by atoms with Gasteiger partial charge in [0.05, 0.1) is 17.0 Å². The molecule has 7 aromatic carbocycles. The molecule has 8 aromatic rings. The van der Waals surface area contributed by atoms with Gasteiger partial charge in [0.2, 0.25) is 0 Å². The van der Waals surface area contributed by atoms with Gasteiger partial charge in [-0.05, 0) is 205 Å². The van der Waals surface area contributed by atoms with E-state index in [0.717, 1.165) is 71.8 Å². The average Bonchev–Trinajstić information content (AvgIpc) is 4.06. The maximum absolute atomic E-state index is 7.80. The van der Waals surface area contributed by atoms with E-state index < -0.39 is 0 Å². The monoisotopic (exact) mass is 1010 g/mol. The first-order chi connectivity index (χ1) is 36.3. The van der Waals surface area contributed by atoms with Crippen LogP contribution in [0, 0.1) is 0 Å². The maximum Gasteiger partial charge on any atom is 0.297 e. The Morgan fingerprint density at radius 1 is 0.429 bits per heavy atom. The molecule has 392 valence electrons. The molecule has 13 rings (SSSR count). The smallest absolute Gasteiger partial charge is 0.297 e. The van der Waals surface area contributed by atoms with Gasteiger partial charge in [-0.15, -0.1) is 0 Å². The summed E-state index contributed by atoms with van der Waals surface area (Å²) in [5, 5.41) is 1.19. The molecule has 0 amide bonds. The standard InChI is InChI=1S/C72H80BN3O/c1-66(2,3)45-26-28-48(29-27-45)76-61-40-50(74(46-22-18-16-19-23-46)47-24-20-17-21-25-47)39-60-63(61)73(65-64(76)51-41-54-57(44-62(51)77-65)72(14,15)37-34-69(54,8)9)58-42-55-56(71(12,13)36-35-70(55,10)11)43-59(58)75(60)49-30-31-52-53(38-49)68(6,7)33-32-67(52,4)5/h16-31,38-44H,32-37H2,1-15H3. The second-order valence-corrected chi connectivity index (χ2v) is 29.0. The molecule has 2 aliphatic heterocycles. The van der Waals surface area contributed by atoms with Gasteiger partial charge in [0.15, 0.2) is 0 Å². The molecule has 5 heteroatoms. The van der Waals surface area contributed by atoms with Crippen LogP contribution in [0.4, 0.5) is 51.2 Å². The first-order valence-electron chi connectivity index (χ1n) is 29.0. The highest BCUT2D eigenvalue weighted by Crippen LogP contribution is 2.56. The maximum atomic E-state index is 7.80. The quantitative estimate of drug-likeness (QED) is 0.160. The van der Waals surface area contributed by atoms with Crippen LogP contribution in [-0.2, 0) is 37.9 Å². The van der Waals surface area contributed by atoms with Crippen LogP contribution in [-0.4, -0.2) is 6.71 Å². The van der Waals surface area contributed by atoms with Gasteiger partial charge in [-0.1, -0.05) is 165 Å². The van der Waals surface area contributed by atoms with Gasteiger partial charge in [-0.25, -0.2) is 0 Å². The molecule has 0 radical (unpaired) electrons. The number of fused-ring (bicyclic) bond motifs is 9. The second-order valence-electron chi connectivity index (χ2n) is 29.0. The zero-order chi connectivity index (χ0) is 54.1. The SMILES string of the molecule is CC(C)(C)c1ccc(N2c3cc(N(c4ccccc4)c4ccccc4)cc4c3B(c3cc5c(cc3N4c3ccc4c(c3)C(C)(C)CCC4(C)C)C(C)(C)CCC5(C)C)c3oc4cc5c(cc4c32)C(C)(C)CCC5(C)C)cc1. The summed E-state index contributed by atoms with van der Waals surface area (Å²) in [7, 11) is 0. The Labute approximate surface area is 461 Å². The fraction of sp³-hybridized carbons (Fsp3) is 0.389. The molecule has 0 saturated heterocycles. The summed E-state index contributed by atoms with van der Waals surface area (Å²) in [6.45, 7) is 36.3. The van der Waals surface area contributed by atoms with Gasteiger partial charge in [0, 0.05) is 45.2 Å². The highest BCUT2D eigenvalue weighted by atomic mass is 16.3. The Morgan fingerprint density at radius 2 is 0.883 bits per heavy atom. The van der Waals surface area contributed by atoms with Gasteiger partial charge >= 0.3 is 0 Å². The third-order valence-electron chi connectivity index (χ3n) is 20.0. The Morgan fingerprint density at radius 3 is 1.42 bits per heavy atom. The predicted molar refractivity (Wildman–Crippen MR) is 329 cm³/mol. The largest absolute Gasteiger partial charge is 0.468 e. The number of nitrogens with zero attached hydrogens (tertiary/aromatic N) is 3. The first-order valence-corrected chi connectivity index (χ1v) is 29.0. The number of hydrogen-bond acceptors (Lipinski definition) is 4. The Balaban J connectivity index is 1.21. The summed E-state index contributed by atoms with van der Waals surface area (Å²) in [6.07, 6.45) is 6.88. The lowest BCUT2D eigenvalue weighted by Gasteiger charge is -2.47. The van der Waals surface area contributed by atoms with Crippen LogP contribution < -0.4 is 31.3 Å². The molecule has 3 aliphatic carbocycles. The van der Waals surface area contributed by atoms with Crippen molar-refractivity contribution in [1.82, 2.24) is 0 Å². The van der Waals surface area contributed by atoms with E-state index in [1.54, 1.807) is 0 Å². The molecule has 0 unspecified atom stereocenters. The van der Waals surface area contributed by atoms with Crippen LogP contribution in [0.5, 0.6) is 0 Å². The minimum Gasteiger partial charge on any atom is -0.468 e. The summed E-state index contributed by atoms with van der Waals surface area (Å²) in [5.41, 5.74) is 25.2. The number of hydrogen-bond donors (Lipinski definition) is 0. The highest BCUT2D eigenvalue weighted by Gasteiger charge is 2.51. The molecule has 1 aromatic heterocycles. The summed E-state index contributed by atoms with van der Waals surface area (Å²) >= 11 is 0. The van der Waals surface area contributed by atoms with E-state index in [-0.39, 0.29) is 44.6 Å². The molecule has 77 heavy (non-hydrogen) atoms. The van der Waals surface area contributed by atoms with Crippen LogP contribution in [0.2, 0.25) is 0 Å². The molecule has 5 aliphatic rings. The predicted octanol–water partition coefficient (Wildman–Crippen LogP) is 18.3. The van der Waals surface area contributed by atoms with Gasteiger partial charge < -0.3 is 19.1 Å². The number of para-hydroxylation sites is 2. The van der Waals surface area contributed by atoms with Crippen molar-refractivity contribution in [3.8, 4) is 0 Å². The van der Waals surface area contributed by atoms with Gasteiger partial charge in [-0.2, -0.15) is 0 Å². The van der Waals surface area contributed by atoms with Gasteiger partial charge in [0.25, 0.3) is 6.71 Å². The second kappa shape index (κ2) is 16.5. The Bertz CT molecular complexity index is 3660. The molecule has 0 fully saturated rings. The van der Waals surface area contributed by atoms with Crippen LogP contribution >= 0.6 is 0 Å². The zero-order valence-electron chi connectivity index (χ0n) is 48.8. The van der Waals surface area contributed by atoms with Gasteiger partial charge in [0.1, 0.15) is 5.58 Å². The molecule has 0 atom stereocenters. The normalized spacial score (nSPS) is 19.6. The molecule has 4 nitrogen and oxygen atoms in total. The van der Waals surface area contributed by atoms with E-state index in [2.05, 4.69) is 258 Å². The Hall–Kier alpha value is -6.46. The first kappa shape index (κ1) is 50.1. The van der Waals surface area contributed by atoms with Crippen molar-refractivity contribution >= 4 is 85.5 Å². The molecule has 0 spiro atoms. The van der Waals surface area contributed by atoms with Crippen molar-refractivity contribution in [1.29, 1.82) is 0 Å². The van der Waals surface area contributed by atoms with Crippen LogP contribution in [0.25, 0.3) is 11.0 Å². The summed E-state index contributed by atoms with van der Waals surface area (Å²) in [6, 6.07) is 54.4. The molecule has 0 bridgehead atoms. The van der Waals surface area contributed by atoms with E-state index in [1.165, 1.54) is 84.4 Å². The highest BCUT2D eigenvalue weighted by molar-refractivity contribution is 7.00. The number of anilines is 9. The van der Waals surface area contributed by atoms with Crippen molar-refractivity contribution in [2.45, 2.75) is 180 Å². The summed E-state index contributed by atoms with van der Waals surface area (Å²) in [4.78, 5) is 7.78. The molecular weight excluding hydrogens is 934 g/mol. The Kier molecular flexibility index (Phi) is 10.8. The van der Waals surface area contributed by atoms with Crippen molar-refractivity contribution in [3.63, 3.8) is 0 Å². The van der Waals surface area contributed by atoms with Crippen molar-refractivity contribution in [2.24, 2.45) is 0 Å². The number of benzene rings is 7. The summed E-state index contributed by atoms with van der Waals surface area (Å²) < 4.78 is 7.80. The molecular formula is C72H80BN3O. The molecule has 3 heterocycles. The van der Waals surface area contributed by atoms with E-state index in [0.29, 0.717) is 0 Å². The minimum atomic E-state index is -0.188. The van der Waals surface area contributed by atoms with Crippen molar-refractivity contribution in [3.05, 3.63) is 178 Å². The van der Waals surface area contributed by atoms with Crippen LogP contribution in [0.15, 0.2) is 144 Å². The number of rotatable bonds is 5. The zero-order valence-corrected chi connectivity index (χ0v) is 48.8. The van der Waals surface area contributed by atoms with E-state index >= 15 is 0 Å².